The van der Waals surface area contributed by atoms with Crippen molar-refractivity contribution in [2.24, 2.45) is 29.1 Å². The Kier molecular flexibility index (Phi) is 3.82. The quantitative estimate of drug-likeness (QED) is 0.854. The lowest BCUT2D eigenvalue weighted by atomic mass is 9.48. The highest BCUT2D eigenvalue weighted by Crippen LogP contribution is 2.61. The number of rotatable bonds is 4. The Morgan fingerprint density at radius 2 is 1.52 bits per heavy atom. The van der Waals surface area contributed by atoms with Gasteiger partial charge in [0.25, 0.3) is 0 Å². The zero-order chi connectivity index (χ0) is 14.4. The Bertz CT molecular complexity index is 336. The van der Waals surface area contributed by atoms with Crippen LogP contribution in [0.15, 0.2) is 0 Å². The number of nitrogens with zero attached hydrogens (tertiary/aromatic N) is 1. The van der Waals surface area contributed by atoms with E-state index in [-0.39, 0.29) is 6.10 Å². The maximum atomic E-state index is 11.0. The molecule has 1 atom stereocenters. The Balaban J connectivity index is 1.38. The summed E-state index contributed by atoms with van der Waals surface area (Å²) in [7, 11) is 0. The first-order chi connectivity index (χ1) is 10.2. The lowest BCUT2D eigenvalue weighted by Gasteiger charge is -2.59. The zero-order valence-electron chi connectivity index (χ0n) is 13.8. The fraction of sp³-hybridized carbons (Fsp3) is 1.00. The average Bonchev–Trinajstić information content (AvgIpc) is 2.46. The van der Waals surface area contributed by atoms with E-state index in [4.69, 9.17) is 0 Å². The fourth-order valence-corrected chi connectivity index (χ4v) is 6.60. The smallest absolute Gasteiger partial charge is 0.0723 e. The van der Waals surface area contributed by atoms with E-state index in [2.05, 4.69) is 11.8 Å². The van der Waals surface area contributed by atoms with Crippen molar-refractivity contribution < 1.29 is 5.11 Å². The summed E-state index contributed by atoms with van der Waals surface area (Å²) in [6.07, 6.45) is 12.4. The van der Waals surface area contributed by atoms with Gasteiger partial charge in [0.2, 0.25) is 0 Å². The molecule has 5 rings (SSSR count). The van der Waals surface area contributed by atoms with Crippen molar-refractivity contribution in [3.05, 3.63) is 0 Å². The van der Waals surface area contributed by atoms with Crippen LogP contribution in [0.25, 0.3) is 0 Å². The van der Waals surface area contributed by atoms with Crippen LogP contribution >= 0.6 is 0 Å². The highest BCUT2D eigenvalue weighted by molar-refractivity contribution is 5.04. The van der Waals surface area contributed by atoms with Gasteiger partial charge < -0.3 is 10.0 Å². The predicted octanol–water partition coefficient (Wildman–Crippen LogP) is 3.69. The van der Waals surface area contributed by atoms with E-state index in [1.165, 1.54) is 70.9 Å². The summed E-state index contributed by atoms with van der Waals surface area (Å²) in [6, 6.07) is 0. The van der Waals surface area contributed by atoms with Crippen molar-refractivity contribution in [3.63, 3.8) is 0 Å². The largest absolute Gasteiger partial charge is 0.391 e. The summed E-state index contributed by atoms with van der Waals surface area (Å²) in [5.74, 6) is 3.81. The lowest BCUT2D eigenvalue weighted by Crippen LogP contribution is -2.55. The molecule has 0 aromatic rings. The number of hydrogen-bond donors (Lipinski definition) is 1. The second-order valence-electron chi connectivity index (χ2n) is 8.95. The number of hydrogen-bond acceptors (Lipinski definition) is 2. The van der Waals surface area contributed by atoms with E-state index in [1.807, 2.05) is 0 Å². The first-order valence-electron chi connectivity index (χ1n) is 9.57. The minimum absolute atomic E-state index is 0.0518. The molecular weight excluding hydrogens is 258 g/mol. The molecule has 2 heteroatoms. The summed E-state index contributed by atoms with van der Waals surface area (Å²) in [5.41, 5.74) is 0.316. The Morgan fingerprint density at radius 3 is 2.00 bits per heavy atom. The molecule has 120 valence electrons. The molecule has 4 saturated carbocycles. The van der Waals surface area contributed by atoms with Gasteiger partial charge in [0.1, 0.15) is 0 Å². The van der Waals surface area contributed by atoms with Crippen LogP contribution < -0.4 is 0 Å². The predicted molar refractivity (Wildman–Crippen MR) is 86.1 cm³/mol. The summed E-state index contributed by atoms with van der Waals surface area (Å²) in [6.45, 7) is 5.73. The van der Waals surface area contributed by atoms with Crippen LogP contribution in [0.2, 0.25) is 0 Å². The van der Waals surface area contributed by atoms with Crippen LogP contribution in [0.4, 0.5) is 0 Å². The number of aliphatic hydroxyl groups excluding tert-OH is 1. The second kappa shape index (κ2) is 5.53. The lowest BCUT2D eigenvalue weighted by molar-refractivity contribution is -0.127. The van der Waals surface area contributed by atoms with Crippen LogP contribution in [0, 0.1) is 29.1 Å². The zero-order valence-corrected chi connectivity index (χ0v) is 13.8. The van der Waals surface area contributed by atoms with Crippen LogP contribution in [0.1, 0.15) is 64.7 Å². The van der Waals surface area contributed by atoms with Gasteiger partial charge >= 0.3 is 0 Å². The number of piperidine rings is 1. The van der Waals surface area contributed by atoms with Crippen LogP contribution in [0.5, 0.6) is 0 Å². The first-order valence-corrected chi connectivity index (χ1v) is 9.57. The maximum absolute atomic E-state index is 11.0. The molecule has 4 bridgehead atoms. The third kappa shape index (κ3) is 2.67. The molecule has 0 aromatic heterocycles. The SMILES string of the molecule is CCC1CCN(CC(O)C23CC4CC(CC(C4)C2)C3)CC1. The van der Waals surface area contributed by atoms with E-state index in [9.17, 15) is 5.11 Å². The molecule has 1 aliphatic heterocycles. The Labute approximate surface area is 130 Å². The molecule has 1 unspecified atom stereocenters. The summed E-state index contributed by atoms with van der Waals surface area (Å²) < 4.78 is 0. The monoisotopic (exact) mass is 291 g/mol. The molecule has 21 heavy (non-hydrogen) atoms. The maximum Gasteiger partial charge on any atom is 0.0723 e. The van der Waals surface area contributed by atoms with Gasteiger partial charge in [-0.05, 0) is 93.5 Å². The molecule has 0 radical (unpaired) electrons. The number of β-amino-alcohol motifs (C(OH)–C–C–N with tert-alkyl or cyclic N) is 1. The minimum Gasteiger partial charge on any atom is -0.391 e. The van der Waals surface area contributed by atoms with Crippen molar-refractivity contribution in [2.45, 2.75) is 70.8 Å². The normalized spacial score (nSPS) is 45.1. The van der Waals surface area contributed by atoms with Crippen LogP contribution in [-0.4, -0.2) is 35.7 Å². The van der Waals surface area contributed by atoms with Crippen molar-refractivity contribution >= 4 is 0 Å². The third-order valence-electron chi connectivity index (χ3n) is 7.51. The van der Waals surface area contributed by atoms with Crippen molar-refractivity contribution in [2.75, 3.05) is 19.6 Å². The van der Waals surface area contributed by atoms with Crippen molar-refractivity contribution in [1.29, 1.82) is 0 Å². The van der Waals surface area contributed by atoms with E-state index in [0.717, 1.165) is 30.2 Å². The third-order valence-corrected chi connectivity index (χ3v) is 7.51. The minimum atomic E-state index is -0.0518. The van der Waals surface area contributed by atoms with Gasteiger partial charge in [-0.2, -0.15) is 0 Å². The van der Waals surface area contributed by atoms with E-state index >= 15 is 0 Å². The van der Waals surface area contributed by atoms with Crippen LogP contribution in [-0.2, 0) is 0 Å². The number of likely N-dealkylation sites (tertiary alicyclic amines) is 1. The molecule has 1 N–H and O–H groups in total. The molecule has 0 aromatic carbocycles. The average molecular weight is 291 g/mol. The van der Waals surface area contributed by atoms with Crippen LogP contribution in [0.3, 0.4) is 0 Å². The molecule has 5 fully saturated rings. The van der Waals surface area contributed by atoms with Gasteiger partial charge in [0.15, 0.2) is 0 Å². The molecule has 0 amide bonds. The highest BCUT2D eigenvalue weighted by atomic mass is 16.3. The summed E-state index contributed by atoms with van der Waals surface area (Å²) in [5, 5.41) is 11.0. The van der Waals surface area contributed by atoms with Gasteiger partial charge in [-0.15, -0.1) is 0 Å². The van der Waals surface area contributed by atoms with Gasteiger partial charge in [-0.1, -0.05) is 13.3 Å². The van der Waals surface area contributed by atoms with Crippen molar-refractivity contribution in [1.82, 2.24) is 4.90 Å². The Hall–Kier alpha value is -0.0800. The first kappa shape index (κ1) is 14.5. The molecular formula is C19H33NO. The number of aliphatic hydroxyl groups is 1. The summed E-state index contributed by atoms with van der Waals surface area (Å²) in [4.78, 5) is 2.56. The Morgan fingerprint density at radius 1 is 1.00 bits per heavy atom. The summed E-state index contributed by atoms with van der Waals surface area (Å²) >= 11 is 0. The standard InChI is InChI=1S/C19H33NO/c1-2-14-3-5-20(6-4-14)13-18(21)19-10-15-7-16(11-19)9-17(8-15)12-19/h14-18,21H,2-13H2,1H3. The van der Waals surface area contributed by atoms with Gasteiger partial charge in [-0.25, -0.2) is 0 Å². The second-order valence-corrected chi connectivity index (χ2v) is 8.95. The molecule has 5 aliphatic rings. The fourth-order valence-electron chi connectivity index (χ4n) is 6.60. The topological polar surface area (TPSA) is 23.5 Å². The highest BCUT2D eigenvalue weighted by Gasteiger charge is 2.54. The van der Waals surface area contributed by atoms with E-state index in [1.54, 1.807) is 0 Å². The molecule has 1 saturated heterocycles. The molecule has 1 heterocycles. The van der Waals surface area contributed by atoms with Gasteiger partial charge in [0, 0.05) is 6.54 Å². The van der Waals surface area contributed by atoms with Gasteiger partial charge in [0.05, 0.1) is 6.10 Å². The van der Waals surface area contributed by atoms with Gasteiger partial charge in [-0.3, -0.25) is 0 Å². The molecule has 4 aliphatic carbocycles. The van der Waals surface area contributed by atoms with E-state index in [0.29, 0.717) is 5.41 Å². The van der Waals surface area contributed by atoms with Crippen molar-refractivity contribution in [3.8, 4) is 0 Å². The molecule has 0 spiro atoms. The molecule has 2 nitrogen and oxygen atoms in total. The van der Waals surface area contributed by atoms with E-state index < -0.39 is 0 Å².